The van der Waals surface area contributed by atoms with Crippen LogP contribution >= 0.6 is 0 Å². The largest absolute Gasteiger partial charge is 0.333 e. The first-order valence-electron chi connectivity index (χ1n) is 6.27. The zero-order valence-corrected chi connectivity index (χ0v) is 10.3. The van der Waals surface area contributed by atoms with Gasteiger partial charge in [0.05, 0.1) is 18.1 Å². The predicted octanol–water partition coefficient (Wildman–Crippen LogP) is 1.39. The summed E-state index contributed by atoms with van der Waals surface area (Å²) in [5.41, 5.74) is 7.55. The number of nitrogens with zero attached hydrogens (tertiary/aromatic N) is 3. The van der Waals surface area contributed by atoms with Gasteiger partial charge in [-0.2, -0.15) is 0 Å². The molecule has 1 saturated heterocycles. The van der Waals surface area contributed by atoms with Gasteiger partial charge in [0.15, 0.2) is 0 Å². The van der Waals surface area contributed by atoms with E-state index in [4.69, 9.17) is 5.73 Å². The van der Waals surface area contributed by atoms with Crippen LogP contribution in [0.5, 0.6) is 0 Å². The van der Waals surface area contributed by atoms with E-state index < -0.39 is 0 Å². The number of nitrogens with two attached hydrogens (primary N) is 1. The molecule has 1 aliphatic rings. The van der Waals surface area contributed by atoms with Crippen LogP contribution < -0.4 is 5.73 Å². The fourth-order valence-electron chi connectivity index (χ4n) is 2.70. The van der Waals surface area contributed by atoms with Gasteiger partial charge in [-0.15, -0.1) is 0 Å². The Morgan fingerprint density at radius 2 is 2.25 bits per heavy atom. The average molecular weight is 222 g/mol. The van der Waals surface area contributed by atoms with Crippen molar-refractivity contribution >= 4 is 0 Å². The second kappa shape index (κ2) is 4.97. The number of aromatic nitrogens is 2. The molecular formula is C12H22N4. The molecule has 0 spiro atoms. The van der Waals surface area contributed by atoms with Gasteiger partial charge in [0, 0.05) is 18.8 Å². The molecule has 2 N–H and O–H groups in total. The smallest absolute Gasteiger partial charge is 0.0948 e. The van der Waals surface area contributed by atoms with E-state index in [1.54, 1.807) is 0 Å². The minimum atomic E-state index is 0.246. The van der Waals surface area contributed by atoms with Gasteiger partial charge in [-0.05, 0) is 32.9 Å². The Kier molecular flexibility index (Phi) is 3.61. The second-order valence-electron chi connectivity index (χ2n) is 4.48. The lowest BCUT2D eigenvalue weighted by atomic mass is 9.94. The molecule has 0 radical (unpaired) electrons. The van der Waals surface area contributed by atoms with Crippen LogP contribution in [0.25, 0.3) is 0 Å². The van der Waals surface area contributed by atoms with Crippen LogP contribution in [-0.4, -0.2) is 33.6 Å². The summed E-state index contributed by atoms with van der Waals surface area (Å²) in [5, 5.41) is 0. The molecule has 4 nitrogen and oxygen atoms in total. The van der Waals surface area contributed by atoms with Gasteiger partial charge in [0.25, 0.3) is 0 Å². The lowest BCUT2D eigenvalue weighted by Gasteiger charge is -2.39. The molecule has 0 bridgehead atoms. The molecule has 90 valence electrons. The summed E-state index contributed by atoms with van der Waals surface area (Å²) in [6.45, 7) is 7.54. The lowest BCUT2D eigenvalue weighted by molar-refractivity contribution is 0.129. The highest BCUT2D eigenvalue weighted by Gasteiger charge is 2.31. The molecule has 0 aromatic carbocycles. The van der Waals surface area contributed by atoms with Gasteiger partial charge in [-0.3, -0.25) is 4.90 Å². The maximum atomic E-state index is 6.28. The molecule has 2 unspecified atom stereocenters. The van der Waals surface area contributed by atoms with Crippen LogP contribution in [0.2, 0.25) is 0 Å². The van der Waals surface area contributed by atoms with Gasteiger partial charge < -0.3 is 10.3 Å². The lowest BCUT2D eigenvalue weighted by Crippen LogP contribution is -2.46. The van der Waals surface area contributed by atoms with Crippen molar-refractivity contribution in [2.45, 2.75) is 45.3 Å². The predicted molar refractivity (Wildman–Crippen MR) is 65.1 cm³/mol. The number of hydrogen-bond donors (Lipinski definition) is 1. The molecule has 2 heterocycles. The number of imidazole rings is 1. The SMILES string of the molecule is CCN1CCCC(N)C1c1cncn1CC. The minimum Gasteiger partial charge on any atom is -0.333 e. The first-order valence-corrected chi connectivity index (χ1v) is 6.27. The molecule has 1 aromatic heterocycles. The van der Waals surface area contributed by atoms with E-state index in [2.05, 4.69) is 28.3 Å². The Bertz CT molecular complexity index is 334. The van der Waals surface area contributed by atoms with E-state index in [0.717, 1.165) is 26.1 Å². The van der Waals surface area contributed by atoms with Crippen molar-refractivity contribution in [1.29, 1.82) is 0 Å². The summed E-state index contributed by atoms with van der Waals surface area (Å²) >= 11 is 0. The minimum absolute atomic E-state index is 0.246. The average Bonchev–Trinajstić information content (AvgIpc) is 2.76. The highest BCUT2D eigenvalue weighted by Crippen LogP contribution is 2.29. The van der Waals surface area contributed by atoms with Crippen molar-refractivity contribution < 1.29 is 0 Å². The third kappa shape index (κ3) is 1.99. The quantitative estimate of drug-likeness (QED) is 0.840. The van der Waals surface area contributed by atoms with Crippen LogP contribution in [0.1, 0.15) is 38.4 Å². The molecule has 0 saturated carbocycles. The summed E-state index contributed by atoms with van der Waals surface area (Å²) < 4.78 is 2.21. The van der Waals surface area contributed by atoms with E-state index >= 15 is 0 Å². The van der Waals surface area contributed by atoms with Crippen LogP contribution in [0.3, 0.4) is 0 Å². The summed E-state index contributed by atoms with van der Waals surface area (Å²) in [7, 11) is 0. The Balaban J connectivity index is 2.28. The number of hydrogen-bond acceptors (Lipinski definition) is 3. The van der Waals surface area contributed by atoms with Crippen LogP contribution in [-0.2, 0) is 6.54 Å². The monoisotopic (exact) mass is 222 g/mol. The summed E-state index contributed by atoms with van der Waals surface area (Å²) in [6.07, 6.45) is 6.22. The zero-order chi connectivity index (χ0) is 11.5. The Hall–Kier alpha value is -0.870. The summed E-state index contributed by atoms with van der Waals surface area (Å²) in [5.74, 6) is 0. The highest BCUT2D eigenvalue weighted by atomic mass is 15.2. The first kappa shape index (κ1) is 11.6. The molecule has 2 rings (SSSR count). The highest BCUT2D eigenvalue weighted by molar-refractivity contribution is 5.10. The topological polar surface area (TPSA) is 47.1 Å². The van der Waals surface area contributed by atoms with E-state index in [0.29, 0.717) is 6.04 Å². The molecular weight excluding hydrogens is 200 g/mol. The number of piperidine rings is 1. The Morgan fingerprint density at radius 1 is 1.44 bits per heavy atom. The number of rotatable bonds is 3. The maximum Gasteiger partial charge on any atom is 0.0948 e. The van der Waals surface area contributed by atoms with E-state index in [1.165, 1.54) is 12.1 Å². The van der Waals surface area contributed by atoms with Gasteiger partial charge in [0.1, 0.15) is 0 Å². The maximum absolute atomic E-state index is 6.28. The van der Waals surface area contributed by atoms with Crippen molar-refractivity contribution in [2.24, 2.45) is 5.73 Å². The van der Waals surface area contributed by atoms with Crippen molar-refractivity contribution in [3.8, 4) is 0 Å². The van der Waals surface area contributed by atoms with Crippen LogP contribution in [0.4, 0.5) is 0 Å². The molecule has 1 fully saturated rings. The Labute approximate surface area is 97.4 Å². The molecule has 16 heavy (non-hydrogen) atoms. The molecule has 0 aliphatic carbocycles. The normalized spacial score (nSPS) is 27.2. The Morgan fingerprint density at radius 3 is 2.94 bits per heavy atom. The number of aryl methyl sites for hydroxylation is 1. The van der Waals surface area contributed by atoms with Crippen LogP contribution in [0, 0.1) is 0 Å². The molecule has 1 aliphatic heterocycles. The fourth-order valence-corrected chi connectivity index (χ4v) is 2.70. The van der Waals surface area contributed by atoms with E-state index in [1.807, 2.05) is 12.5 Å². The third-order valence-corrected chi connectivity index (χ3v) is 3.58. The van der Waals surface area contributed by atoms with E-state index in [9.17, 15) is 0 Å². The standard InChI is InChI=1S/C12H22N4/c1-3-15-7-5-6-10(13)12(15)11-8-14-9-16(11)4-2/h8-10,12H,3-7,13H2,1-2H3. The van der Waals surface area contributed by atoms with Gasteiger partial charge in [-0.1, -0.05) is 6.92 Å². The van der Waals surface area contributed by atoms with E-state index in [-0.39, 0.29) is 6.04 Å². The summed E-state index contributed by atoms with van der Waals surface area (Å²) in [6, 6.07) is 0.594. The van der Waals surface area contributed by atoms with Gasteiger partial charge >= 0.3 is 0 Å². The van der Waals surface area contributed by atoms with Gasteiger partial charge in [0.2, 0.25) is 0 Å². The third-order valence-electron chi connectivity index (χ3n) is 3.58. The first-order chi connectivity index (χ1) is 7.77. The van der Waals surface area contributed by atoms with Crippen molar-refractivity contribution in [2.75, 3.05) is 13.1 Å². The second-order valence-corrected chi connectivity index (χ2v) is 4.48. The summed E-state index contributed by atoms with van der Waals surface area (Å²) in [4.78, 5) is 6.72. The van der Waals surface area contributed by atoms with Crippen molar-refractivity contribution in [3.05, 3.63) is 18.2 Å². The molecule has 0 amide bonds. The van der Waals surface area contributed by atoms with Gasteiger partial charge in [-0.25, -0.2) is 4.98 Å². The van der Waals surface area contributed by atoms with Crippen molar-refractivity contribution in [1.82, 2.24) is 14.5 Å². The number of likely N-dealkylation sites (N-methyl/N-ethyl adjacent to an activating group) is 1. The fraction of sp³-hybridized carbons (Fsp3) is 0.750. The van der Waals surface area contributed by atoms with Crippen molar-refractivity contribution in [3.63, 3.8) is 0 Å². The zero-order valence-electron chi connectivity index (χ0n) is 10.3. The molecule has 4 heteroatoms. The number of likely N-dealkylation sites (tertiary alicyclic amines) is 1. The van der Waals surface area contributed by atoms with Crippen LogP contribution in [0.15, 0.2) is 12.5 Å². The molecule has 1 aromatic rings. The molecule has 2 atom stereocenters.